The van der Waals surface area contributed by atoms with E-state index in [2.05, 4.69) is 25.3 Å². The Labute approximate surface area is 171 Å². The first-order valence-electron chi connectivity index (χ1n) is 7.89. The molecule has 1 aromatic heterocycles. The Hall–Kier alpha value is -2.69. The minimum absolute atomic E-state index is 0.0337. The molecule has 1 aromatic carbocycles. The van der Waals surface area contributed by atoms with Crippen molar-refractivity contribution in [2.75, 3.05) is 18.1 Å². The zero-order valence-electron chi connectivity index (χ0n) is 14.9. The Kier molecular flexibility index (Phi) is 8.16. The van der Waals surface area contributed by atoms with Crippen molar-refractivity contribution in [1.82, 2.24) is 21.1 Å². The van der Waals surface area contributed by atoms with Crippen molar-refractivity contribution in [3.8, 4) is 0 Å². The molecule has 0 saturated heterocycles. The molecule has 0 aliphatic carbocycles. The van der Waals surface area contributed by atoms with Crippen LogP contribution in [0.3, 0.4) is 0 Å². The number of hydrogen-bond acceptors (Lipinski definition) is 9. The van der Waals surface area contributed by atoms with E-state index in [1.54, 1.807) is 5.48 Å². The van der Waals surface area contributed by atoms with Crippen LogP contribution in [0.1, 0.15) is 17.7 Å². The van der Waals surface area contributed by atoms with E-state index in [4.69, 9.17) is 5.14 Å². The number of aromatic nitrogens is 2. The lowest BCUT2D eigenvalue weighted by Gasteiger charge is -2.06. The predicted octanol–water partition coefficient (Wildman–Crippen LogP) is 0.700. The number of nitrogens with zero attached hydrogens (tertiary/aromatic N) is 3. The predicted molar refractivity (Wildman–Crippen MR) is 98.5 cm³/mol. The first-order valence-corrected chi connectivity index (χ1v) is 10.6. The lowest BCUT2D eigenvalue weighted by molar-refractivity contribution is -0.118. The molecule has 1 heterocycles. The van der Waals surface area contributed by atoms with Crippen LogP contribution < -0.4 is 15.9 Å². The van der Waals surface area contributed by atoms with E-state index >= 15 is 0 Å². The molecule has 11 nitrogen and oxygen atoms in total. The number of aliphatic imine (C=N–C) groups is 1. The Morgan fingerprint density at radius 3 is 2.70 bits per heavy atom. The molecule has 0 saturated carbocycles. The molecule has 2 aromatic rings. The standard InChI is InChI=1S/C14H15F3N6O5S2/c15-8-3-7(12(16)17)4-9(5-8)20-13(21-25)11-14(23-28-22-11)29-2-1-19-10(24)6-30(18,26)27/h3-5,12,25H,1-2,6H2,(H,19,24)(H,20,21)(H2,18,26,27). The number of nitrogens with one attached hydrogen (secondary N) is 2. The van der Waals surface area contributed by atoms with Gasteiger partial charge in [0.15, 0.2) is 16.6 Å². The van der Waals surface area contributed by atoms with E-state index < -0.39 is 39.5 Å². The molecule has 0 aliphatic heterocycles. The van der Waals surface area contributed by atoms with Crippen LogP contribution in [0.2, 0.25) is 0 Å². The van der Waals surface area contributed by atoms with Gasteiger partial charge in [-0.1, -0.05) is 11.8 Å². The number of thioether (sulfide) groups is 1. The van der Waals surface area contributed by atoms with Crippen molar-refractivity contribution >= 4 is 39.2 Å². The SMILES string of the molecule is NS(=O)(=O)CC(=O)NCCSc1nonc1C(=Nc1cc(F)cc(C(F)F)c1)NO. The third-order valence-electron chi connectivity index (χ3n) is 3.18. The summed E-state index contributed by atoms with van der Waals surface area (Å²) in [7, 11) is -3.95. The van der Waals surface area contributed by atoms with Crippen molar-refractivity contribution in [1.29, 1.82) is 0 Å². The zero-order valence-corrected chi connectivity index (χ0v) is 16.5. The summed E-state index contributed by atoms with van der Waals surface area (Å²) < 4.78 is 65.3. The highest BCUT2D eigenvalue weighted by Crippen LogP contribution is 2.26. The van der Waals surface area contributed by atoms with Gasteiger partial charge in [0.2, 0.25) is 15.9 Å². The second-order valence-electron chi connectivity index (χ2n) is 5.54. The summed E-state index contributed by atoms with van der Waals surface area (Å²) in [6, 6.07) is 2.44. The highest BCUT2D eigenvalue weighted by molar-refractivity contribution is 7.99. The third kappa shape index (κ3) is 7.29. The molecule has 0 spiro atoms. The van der Waals surface area contributed by atoms with Gasteiger partial charge in [0.05, 0.1) is 5.69 Å². The minimum Gasteiger partial charge on any atom is -0.354 e. The van der Waals surface area contributed by atoms with Crippen molar-refractivity contribution in [3.05, 3.63) is 35.3 Å². The average Bonchev–Trinajstić information content (AvgIpc) is 3.09. The van der Waals surface area contributed by atoms with E-state index in [1.807, 2.05) is 0 Å². The second-order valence-corrected chi connectivity index (χ2v) is 8.24. The van der Waals surface area contributed by atoms with Crippen LogP contribution in [0.4, 0.5) is 18.9 Å². The molecule has 0 radical (unpaired) electrons. The number of amides is 1. The minimum atomic E-state index is -3.95. The van der Waals surface area contributed by atoms with Gasteiger partial charge in [-0.25, -0.2) is 36.3 Å². The van der Waals surface area contributed by atoms with Crippen LogP contribution in [-0.2, 0) is 14.8 Å². The van der Waals surface area contributed by atoms with Crippen LogP contribution in [0.25, 0.3) is 0 Å². The second kappa shape index (κ2) is 10.4. The molecule has 0 aliphatic rings. The summed E-state index contributed by atoms with van der Waals surface area (Å²) >= 11 is 0.990. The molecular formula is C14H15F3N6O5S2. The molecule has 1 amide bonds. The normalized spacial score (nSPS) is 12.3. The molecule has 16 heteroatoms. The average molecular weight is 468 g/mol. The lowest BCUT2D eigenvalue weighted by Crippen LogP contribution is -2.34. The van der Waals surface area contributed by atoms with Crippen molar-refractivity contribution in [2.24, 2.45) is 10.1 Å². The highest BCUT2D eigenvalue weighted by atomic mass is 32.2. The fourth-order valence-corrected chi connectivity index (χ4v) is 3.26. The maximum Gasteiger partial charge on any atom is 0.264 e. The van der Waals surface area contributed by atoms with Gasteiger partial charge < -0.3 is 5.32 Å². The van der Waals surface area contributed by atoms with Crippen LogP contribution in [0.15, 0.2) is 32.8 Å². The van der Waals surface area contributed by atoms with E-state index in [0.29, 0.717) is 6.07 Å². The first-order chi connectivity index (χ1) is 14.1. The lowest BCUT2D eigenvalue weighted by atomic mass is 10.2. The number of carbonyl (C=O) groups excluding carboxylic acids is 1. The number of hydroxylamine groups is 1. The molecule has 164 valence electrons. The summed E-state index contributed by atoms with van der Waals surface area (Å²) in [6.45, 7) is 0.0337. The summed E-state index contributed by atoms with van der Waals surface area (Å²) in [5.41, 5.74) is 0.771. The van der Waals surface area contributed by atoms with Gasteiger partial charge in [-0.3, -0.25) is 15.5 Å². The number of amidine groups is 1. The largest absolute Gasteiger partial charge is 0.354 e. The number of carbonyl (C=O) groups is 1. The van der Waals surface area contributed by atoms with Crippen LogP contribution >= 0.6 is 11.8 Å². The number of rotatable bonds is 9. The number of primary sulfonamides is 1. The number of halogens is 3. The van der Waals surface area contributed by atoms with Gasteiger partial charge in [-0.05, 0) is 28.5 Å². The smallest absolute Gasteiger partial charge is 0.264 e. The van der Waals surface area contributed by atoms with Crippen LogP contribution in [-0.4, -0.2) is 53.7 Å². The van der Waals surface area contributed by atoms with Gasteiger partial charge in [0.1, 0.15) is 11.6 Å². The Morgan fingerprint density at radius 1 is 1.33 bits per heavy atom. The monoisotopic (exact) mass is 468 g/mol. The number of sulfonamides is 1. The van der Waals surface area contributed by atoms with Gasteiger partial charge in [0, 0.05) is 17.9 Å². The fourth-order valence-electron chi connectivity index (χ4n) is 2.04. The van der Waals surface area contributed by atoms with Crippen molar-refractivity contribution in [3.63, 3.8) is 0 Å². The number of benzene rings is 1. The maximum atomic E-state index is 13.5. The summed E-state index contributed by atoms with van der Waals surface area (Å²) in [5.74, 6) is -2.79. The molecule has 5 N–H and O–H groups in total. The Bertz CT molecular complexity index is 1030. The molecule has 0 bridgehead atoms. The van der Waals surface area contributed by atoms with E-state index in [9.17, 15) is 31.6 Å². The van der Waals surface area contributed by atoms with E-state index in [0.717, 1.165) is 23.9 Å². The van der Waals surface area contributed by atoms with Gasteiger partial charge >= 0.3 is 0 Å². The molecule has 0 atom stereocenters. The molecule has 0 unspecified atom stereocenters. The van der Waals surface area contributed by atoms with Crippen LogP contribution in [0, 0.1) is 5.82 Å². The van der Waals surface area contributed by atoms with Crippen LogP contribution in [0.5, 0.6) is 0 Å². The number of hydrogen-bond donors (Lipinski definition) is 4. The fraction of sp³-hybridized carbons (Fsp3) is 0.286. The Morgan fingerprint density at radius 2 is 2.07 bits per heavy atom. The number of nitrogens with two attached hydrogens (primary N) is 1. The van der Waals surface area contributed by atoms with Crippen molar-refractivity contribution in [2.45, 2.75) is 11.5 Å². The molecule has 2 rings (SSSR count). The molecule has 0 fully saturated rings. The molecule has 30 heavy (non-hydrogen) atoms. The highest BCUT2D eigenvalue weighted by Gasteiger charge is 2.18. The summed E-state index contributed by atoms with van der Waals surface area (Å²) in [6.07, 6.45) is -2.93. The third-order valence-corrected chi connectivity index (χ3v) is 4.80. The zero-order chi connectivity index (χ0) is 22.3. The quantitative estimate of drug-likeness (QED) is 0.136. The van der Waals surface area contributed by atoms with Gasteiger partial charge in [0.25, 0.3) is 6.43 Å². The summed E-state index contributed by atoms with van der Waals surface area (Å²) in [5, 5.41) is 23.6. The van der Waals surface area contributed by atoms with Gasteiger partial charge in [-0.2, -0.15) is 0 Å². The van der Waals surface area contributed by atoms with Gasteiger partial charge in [-0.15, -0.1) is 0 Å². The Balaban J connectivity index is 2.08. The first kappa shape index (κ1) is 23.6. The van der Waals surface area contributed by atoms with E-state index in [1.165, 1.54) is 0 Å². The van der Waals surface area contributed by atoms with Crippen molar-refractivity contribution < 1.29 is 36.2 Å². The van der Waals surface area contributed by atoms with E-state index in [-0.39, 0.29) is 34.5 Å². The maximum absolute atomic E-state index is 13.5. The number of alkyl halides is 2. The summed E-state index contributed by atoms with van der Waals surface area (Å²) in [4.78, 5) is 15.2. The topological polar surface area (TPSA) is 173 Å². The molecular weight excluding hydrogens is 453 g/mol.